The largest absolute Gasteiger partial charge is 0.416 e. The molecule has 11 heteroatoms. The van der Waals surface area contributed by atoms with Crippen molar-refractivity contribution in [2.75, 3.05) is 31.1 Å². The number of anilines is 1. The monoisotopic (exact) mass is 488 g/mol. The van der Waals surface area contributed by atoms with Crippen molar-refractivity contribution in [3.05, 3.63) is 59.5 Å². The van der Waals surface area contributed by atoms with Gasteiger partial charge >= 0.3 is 6.18 Å². The summed E-state index contributed by atoms with van der Waals surface area (Å²) in [5.41, 5.74) is 0.547. The van der Waals surface area contributed by atoms with Crippen molar-refractivity contribution in [1.29, 1.82) is 0 Å². The zero-order valence-corrected chi connectivity index (χ0v) is 19.7. The Labute approximate surface area is 200 Å². The maximum absolute atomic E-state index is 14.0. The highest BCUT2D eigenvalue weighted by molar-refractivity contribution is 5.90. The summed E-state index contributed by atoms with van der Waals surface area (Å²) in [5, 5.41) is 9.37. The fraction of sp³-hybridized carbons (Fsp3) is 0.417. The van der Waals surface area contributed by atoms with Gasteiger partial charge in [0.25, 0.3) is 11.7 Å². The third kappa shape index (κ3) is 5.61. The maximum Gasteiger partial charge on any atom is 0.416 e. The number of aromatic nitrogens is 3. The zero-order chi connectivity index (χ0) is 25.2. The van der Waals surface area contributed by atoms with Gasteiger partial charge in [0.15, 0.2) is 0 Å². The summed E-state index contributed by atoms with van der Waals surface area (Å²) < 4.78 is 47.1. The number of pyridine rings is 1. The molecule has 3 heterocycles. The Morgan fingerprint density at radius 2 is 1.91 bits per heavy atom. The Morgan fingerprint density at radius 3 is 2.57 bits per heavy atom. The lowest BCUT2D eigenvalue weighted by molar-refractivity contribution is -0.138. The second kappa shape index (κ2) is 9.65. The fourth-order valence-electron chi connectivity index (χ4n) is 3.82. The van der Waals surface area contributed by atoms with E-state index in [1.807, 2.05) is 20.8 Å². The van der Waals surface area contributed by atoms with Crippen molar-refractivity contribution in [3.8, 4) is 11.1 Å². The molecule has 35 heavy (non-hydrogen) atoms. The number of hydrogen-bond donors (Lipinski definition) is 2. The SMILES string of the molecule is CC(C)(C)c1nc(C(=O)NCc2ccc(-c3ccncc3N3CCNCC3)cc2C(F)(F)F)no1. The van der Waals surface area contributed by atoms with Crippen molar-refractivity contribution in [3.63, 3.8) is 0 Å². The van der Waals surface area contributed by atoms with Crippen LogP contribution in [0.4, 0.5) is 18.9 Å². The first-order valence-corrected chi connectivity index (χ1v) is 11.3. The first-order chi connectivity index (χ1) is 16.5. The highest BCUT2D eigenvalue weighted by atomic mass is 19.4. The second-order valence-electron chi connectivity index (χ2n) is 9.36. The van der Waals surface area contributed by atoms with E-state index in [2.05, 4.69) is 30.7 Å². The van der Waals surface area contributed by atoms with E-state index in [4.69, 9.17) is 4.52 Å². The van der Waals surface area contributed by atoms with Crippen molar-refractivity contribution >= 4 is 11.6 Å². The van der Waals surface area contributed by atoms with Crippen LogP contribution in [0.25, 0.3) is 11.1 Å². The number of carbonyl (C=O) groups excluding carboxylic acids is 1. The average Bonchev–Trinajstić information content (AvgIpc) is 3.34. The van der Waals surface area contributed by atoms with Gasteiger partial charge in [-0.05, 0) is 23.3 Å². The zero-order valence-electron chi connectivity index (χ0n) is 19.7. The van der Waals surface area contributed by atoms with E-state index in [1.165, 1.54) is 6.07 Å². The van der Waals surface area contributed by atoms with Gasteiger partial charge in [-0.2, -0.15) is 18.2 Å². The van der Waals surface area contributed by atoms with Crippen molar-refractivity contribution in [1.82, 2.24) is 25.8 Å². The molecule has 1 aliphatic heterocycles. The van der Waals surface area contributed by atoms with Gasteiger partial charge in [0.2, 0.25) is 5.89 Å². The molecule has 3 aromatic rings. The summed E-state index contributed by atoms with van der Waals surface area (Å²) in [5.74, 6) is -0.672. The van der Waals surface area contributed by atoms with Crippen LogP contribution < -0.4 is 15.5 Å². The van der Waals surface area contributed by atoms with Gasteiger partial charge in [-0.15, -0.1) is 0 Å². The molecule has 0 spiro atoms. The minimum absolute atomic E-state index is 0.0630. The highest BCUT2D eigenvalue weighted by Gasteiger charge is 2.34. The standard InChI is InChI=1S/C24H27F3N6O2/c1-23(2,3)22-31-20(32-35-22)21(34)30-13-16-5-4-15(12-18(16)24(25,26)27)17-6-7-29-14-19(17)33-10-8-28-9-11-33/h4-7,12,14,28H,8-11,13H2,1-3H3,(H,30,34). The molecular weight excluding hydrogens is 461 g/mol. The van der Waals surface area contributed by atoms with Crippen LogP contribution in [0.3, 0.4) is 0 Å². The van der Waals surface area contributed by atoms with Crippen LogP contribution in [0.5, 0.6) is 0 Å². The van der Waals surface area contributed by atoms with E-state index in [0.717, 1.165) is 37.9 Å². The molecule has 0 aliphatic carbocycles. The van der Waals surface area contributed by atoms with Crippen LogP contribution in [0.1, 0.15) is 48.4 Å². The van der Waals surface area contributed by atoms with Gasteiger partial charge < -0.3 is 20.1 Å². The van der Waals surface area contributed by atoms with Crippen LogP contribution in [0.2, 0.25) is 0 Å². The van der Waals surface area contributed by atoms with E-state index >= 15 is 0 Å². The molecule has 0 atom stereocenters. The Hall–Kier alpha value is -3.47. The number of benzene rings is 1. The van der Waals surface area contributed by atoms with Crippen molar-refractivity contribution < 1.29 is 22.5 Å². The number of nitrogens with one attached hydrogen (secondary N) is 2. The Balaban J connectivity index is 1.59. The lowest BCUT2D eigenvalue weighted by Crippen LogP contribution is -2.43. The molecule has 8 nitrogen and oxygen atoms in total. The number of hydrogen-bond acceptors (Lipinski definition) is 7. The topological polar surface area (TPSA) is 96.2 Å². The van der Waals surface area contributed by atoms with E-state index in [-0.39, 0.29) is 23.8 Å². The summed E-state index contributed by atoms with van der Waals surface area (Å²) in [4.78, 5) is 22.8. The molecule has 2 aromatic heterocycles. The van der Waals surface area contributed by atoms with E-state index in [1.54, 1.807) is 24.5 Å². The molecule has 1 saturated heterocycles. The number of carbonyl (C=O) groups is 1. The number of alkyl halides is 3. The molecule has 0 unspecified atom stereocenters. The summed E-state index contributed by atoms with van der Waals surface area (Å²) in [6, 6.07) is 5.85. The first-order valence-electron chi connectivity index (χ1n) is 11.3. The minimum atomic E-state index is -4.61. The molecule has 0 saturated carbocycles. The van der Waals surface area contributed by atoms with E-state index in [9.17, 15) is 18.0 Å². The molecule has 0 radical (unpaired) electrons. The summed E-state index contributed by atoms with van der Waals surface area (Å²) >= 11 is 0. The Bertz CT molecular complexity index is 1200. The predicted octanol–water partition coefficient (Wildman–Crippen LogP) is 3.79. The van der Waals surface area contributed by atoms with Gasteiger partial charge in [0, 0.05) is 49.9 Å². The maximum atomic E-state index is 14.0. The van der Waals surface area contributed by atoms with Crippen LogP contribution in [-0.2, 0) is 18.1 Å². The number of amides is 1. The second-order valence-corrected chi connectivity index (χ2v) is 9.36. The third-order valence-electron chi connectivity index (χ3n) is 5.69. The first kappa shape index (κ1) is 24.6. The summed E-state index contributed by atoms with van der Waals surface area (Å²) in [7, 11) is 0. The lowest BCUT2D eigenvalue weighted by Gasteiger charge is -2.31. The van der Waals surface area contributed by atoms with Gasteiger partial charge in [0.1, 0.15) is 0 Å². The number of nitrogens with zero attached hydrogens (tertiary/aromatic N) is 4. The third-order valence-corrected chi connectivity index (χ3v) is 5.69. The smallest absolute Gasteiger partial charge is 0.367 e. The van der Waals surface area contributed by atoms with Crippen molar-refractivity contribution in [2.45, 2.75) is 38.9 Å². The van der Waals surface area contributed by atoms with Crippen molar-refractivity contribution in [2.24, 2.45) is 0 Å². The predicted molar refractivity (Wildman–Crippen MR) is 124 cm³/mol. The quantitative estimate of drug-likeness (QED) is 0.564. The molecule has 2 N–H and O–H groups in total. The number of piperazine rings is 1. The Morgan fingerprint density at radius 1 is 1.17 bits per heavy atom. The van der Waals surface area contributed by atoms with Gasteiger partial charge in [-0.3, -0.25) is 9.78 Å². The van der Waals surface area contributed by atoms with Crippen LogP contribution in [-0.4, -0.2) is 47.2 Å². The number of halogens is 3. The van der Waals surface area contributed by atoms with Gasteiger partial charge in [-0.1, -0.05) is 38.1 Å². The van der Waals surface area contributed by atoms with E-state index < -0.39 is 23.1 Å². The average molecular weight is 489 g/mol. The fourth-order valence-corrected chi connectivity index (χ4v) is 3.82. The van der Waals surface area contributed by atoms with Gasteiger partial charge in [-0.25, -0.2) is 0 Å². The normalized spacial score (nSPS) is 14.7. The molecule has 0 bridgehead atoms. The summed E-state index contributed by atoms with van der Waals surface area (Å²) in [6.07, 6.45) is -1.36. The molecule has 1 fully saturated rings. The molecule has 186 valence electrons. The van der Waals surface area contributed by atoms with Crippen LogP contribution in [0.15, 0.2) is 41.2 Å². The molecule has 1 aliphatic rings. The van der Waals surface area contributed by atoms with Crippen LogP contribution >= 0.6 is 0 Å². The molecular formula is C24H27F3N6O2. The molecule has 1 amide bonds. The van der Waals surface area contributed by atoms with Gasteiger partial charge in [0.05, 0.1) is 17.4 Å². The number of rotatable bonds is 5. The summed E-state index contributed by atoms with van der Waals surface area (Å²) in [6.45, 7) is 8.25. The lowest BCUT2D eigenvalue weighted by atomic mass is 9.97. The van der Waals surface area contributed by atoms with Crippen LogP contribution in [0, 0.1) is 0 Å². The molecule has 1 aromatic carbocycles. The molecule has 4 rings (SSSR count). The minimum Gasteiger partial charge on any atom is -0.367 e. The van der Waals surface area contributed by atoms with E-state index in [0.29, 0.717) is 11.1 Å². The highest BCUT2D eigenvalue weighted by Crippen LogP contribution is 2.37. The Kier molecular flexibility index (Phi) is 6.79.